The lowest BCUT2D eigenvalue weighted by Gasteiger charge is -2.51. The largest absolute Gasteiger partial charge is 0.394 e. The zero-order chi connectivity index (χ0) is 81.8. The highest BCUT2D eigenvalue weighted by Gasteiger charge is 2.61. The summed E-state index contributed by atoms with van der Waals surface area (Å²) in [7, 11) is 0. The van der Waals surface area contributed by atoms with Gasteiger partial charge < -0.3 is 224 Å². The number of nitrogens with one attached hydrogen (secondary N) is 4. The molecule has 9 rings (SSSR count). The Morgan fingerprint density at radius 1 is 0.252 bits per heavy atom. The molecule has 9 saturated heterocycles. The molecule has 0 radical (unpaired) electrons. The van der Waals surface area contributed by atoms with E-state index in [1.807, 2.05) is 0 Å². The van der Waals surface area contributed by atoms with Crippen LogP contribution in [0.25, 0.3) is 0 Å². The average Bonchev–Trinajstić information content (AvgIpc) is 0.768. The van der Waals surface area contributed by atoms with Crippen LogP contribution in [0.15, 0.2) is 0 Å². The van der Waals surface area contributed by atoms with Gasteiger partial charge in [-0.3, -0.25) is 19.2 Å². The molecule has 9 aliphatic rings. The zero-order valence-corrected chi connectivity index (χ0v) is 59.9. The van der Waals surface area contributed by atoms with Crippen molar-refractivity contribution in [2.45, 2.75) is 311 Å². The molecule has 28 N–H and O–H groups in total. The maximum absolute atomic E-state index is 13.2. The Balaban J connectivity index is 1.05. The van der Waals surface area contributed by atoms with Crippen LogP contribution in [0.4, 0.5) is 0 Å². The van der Waals surface area contributed by atoms with Crippen LogP contribution in [0.2, 0.25) is 0 Å². The predicted octanol–water partition coefficient (Wildman–Crippen LogP) is -19.0. The molecule has 0 aromatic rings. The molecule has 9 fully saturated rings. The van der Waals surface area contributed by atoms with Crippen LogP contribution in [0, 0.1) is 0 Å². The number of amides is 4. The van der Waals surface area contributed by atoms with Gasteiger partial charge >= 0.3 is 0 Å². The van der Waals surface area contributed by atoms with E-state index in [0.717, 1.165) is 27.7 Å². The fourth-order valence-electron chi connectivity index (χ4n) is 14.3. The summed E-state index contributed by atoms with van der Waals surface area (Å²) in [6.07, 6.45) is -83.2. The van der Waals surface area contributed by atoms with Crippen LogP contribution in [-0.2, 0) is 99.7 Å². The quantitative estimate of drug-likeness (QED) is 0.0346. The van der Waals surface area contributed by atoms with Gasteiger partial charge in [-0.2, -0.15) is 0 Å². The zero-order valence-electron chi connectivity index (χ0n) is 59.9. The Morgan fingerprint density at radius 3 is 1.03 bits per heavy atom. The average molecular weight is 1630 g/mol. The highest BCUT2D eigenvalue weighted by molar-refractivity contribution is 5.74. The first kappa shape index (κ1) is 91.1. The van der Waals surface area contributed by atoms with E-state index in [9.17, 15) is 142 Å². The summed E-state index contributed by atoms with van der Waals surface area (Å²) in [6.45, 7) is -3.36. The topological polar surface area (TPSA) is 759 Å². The van der Waals surface area contributed by atoms with Gasteiger partial charge in [0.05, 0.1) is 59.0 Å². The highest BCUT2D eigenvalue weighted by atomic mass is 16.8. The second-order valence-electron chi connectivity index (χ2n) is 28.2. The summed E-state index contributed by atoms with van der Waals surface area (Å²) in [5, 5.41) is 276. The lowest BCUT2D eigenvalue weighted by Crippen LogP contribution is -2.71. The van der Waals surface area contributed by atoms with Crippen LogP contribution < -0.4 is 21.3 Å². The van der Waals surface area contributed by atoms with Crippen molar-refractivity contribution < 1.29 is 222 Å². The molecule has 49 heteroatoms. The van der Waals surface area contributed by atoms with E-state index in [4.69, 9.17) is 80.5 Å². The monoisotopic (exact) mass is 1620 g/mol. The molecule has 1 unspecified atom stereocenters. The lowest BCUT2D eigenvalue weighted by molar-refractivity contribution is -0.396. The molecule has 9 heterocycles. The first-order valence-corrected chi connectivity index (χ1v) is 35.5. The van der Waals surface area contributed by atoms with Crippen molar-refractivity contribution in [1.82, 2.24) is 21.3 Å². The number of aliphatic hydroxyl groups is 24. The molecule has 0 saturated carbocycles. The minimum Gasteiger partial charge on any atom is -0.394 e. The van der Waals surface area contributed by atoms with Gasteiger partial charge in [-0.25, -0.2) is 0 Å². The Bertz CT molecular complexity index is 2950. The third-order valence-electron chi connectivity index (χ3n) is 20.3. The summed E-state index contributed by atoms with van der Waals surface area (Å²) in [6, 6.07) is -7.39. The summed E-state index contributed by atoms with van der Waals surface area (Å²) in [4.78, 5) is 50.9. The molecule has 9 aliphatic heterocycles. The lowest BCUT2D eigenvalue weighted by atomic mass is 9.93. The molecule has 0 spiro atoms. The Morgan fingerprint density at radius 2 is 0.559 bits per heavy atom. The van der Waals surface area contributed by atoms with Crippen molar-refractivity contribution in [1.29, 1.82) is 0 Å². The molecule has 4 amide bonds. The van der Waals surface area contributed by atoms with Gasteiger partial charge in [0.1, 0.15) is 213 Å². The van der Waals surface area contributed by atoms with Gasteiger partial charge in [0, 0.05) is 27.7 Å². The van der Waals surface area contributed by atoms with Crippen molar-refractivity contribution in [3.8, 4) is 0 Å². The molecule has 49 nitrogen and oxygen atoms in total. The standard InChI is InChI=1S/C62H104N4O45/c1-14-31(77)41(87)45(91)58(97-14)95-13-26-50(38(84)27(54(94)98-26)63-15(2)73)106-56-29(65-17(4)75)39(85)49(24(11-72)103-56)108-60-47(93)51(109-62-53(44(90)35(81)22(9-70)102-62)111-55-28(64-16(3)74)37(83)32(78)19(6-67)99-55)36(82)25(105-60)12-96-61-52(43(89)34(80)21(8-69)101-61)110-57-30(66-18(5)76)40(86)48(23(10-71)104-57)107-59-46(92)42(88)33(79)20(7-68)100-59/h14,19-62,67-72,77-94H,6-13H2,1-5H3,(H,63,73)(H,64,74)(H,65,75)(H,66,76)/t14-,19-,20-,21-,22-,23-,24-,25-,26-,27-,28+,29-,30-,31+,32-,33+,34-,35-,36-,37-,38-,39-,40-,41+,42+,43+,44+,45-,46-,47+,48-,49-,50-,51+,52-,53-,54?,55+,56+,57+,58+,59+,60+,61+,62-/m1/s1. The van der Waals surface area contributed by atoms with Gasteiger partial charge in [-0.15, -0.1) is 0 Å². The fraction of sp³-hybridized carbons (Fsp3) is 0.935. The Kier molecular flexibility index (Phi) is 32.6. The summed E-state index contributed by atoms with van der Waals surface area (Å²) < 4.78 is 101. The van der Waals surface area contributed by atoms with Crippen LogP contribution in [0.1, 0.15) is 34.6 Å². The Labute approximate surface area is 629 Å². The van der Waals surface area contributed by atoms with Crippen LogP contribution in [0.3, 0.4) is 0 Å². The minimum absolute atomic E-state index is 0.827. The molecular formula is C62H104N4O45. The maximum Gasteiger partial charge on any atom is 0.217 e. The molecule has 0 bridgehead atoms. The van der Waals surface area contributed by atoms with Gasteiger partial charge in [0.25, 0.3) is 0 Å². The van der Waals surface area contributed by atoms with E-state index in [0.29, 0.717) is 0 Å². The fourth-order valence-corrected chi connectivity index (χ4v) is 14.3. The Hall–Kier alpha value is -3.76. The number of hydrogen-bond acceptors (Lipinski definition) is 45. The first-order chi connectivity index (χ1) is 52.4. The number of hydrogen-bond donors (Lipinski definition) is 28. The molecule has 0 aliphatic carbocycles. The first-order valence-electron chi connectivity index (χ1n) is 35.5. The normalized spacial score (nSPS) is 49.3. The van der Waals surface area contributed by atoms with Gasteiger partial charge in [0.2, 0.25) is 23.6 Å². The van der Waals surface area contributed by atoms with Crippen LogP contribution in [0.5, 0.6) is 0 Å². The van der Waals surface area contributed by atoms with Crippen molar-refractivity contribution >= 4 is 23.6 Å². The summed E-state index contributed by atoms with van der Waals surface area (Å²) in [5.41, 5.74) is 0. The van der Waals surface area contributed by atoms with Crippen LogP contribution >= 0.6 is 0 Å². The summed E-state index contributed by atoms with van der Waals surface area (Å²) in [5.74, 6) is -3.59. The van der Waals surface area contributed by atoms with Gasteiger partial charge in [-0.05, 0) is 6.92 Å². The van der Waals surface area contributed by atoms with Crippen LogP contribution in [-0.4, -0.2) is 475 Å². The SMILES string of the molecule is CC(=O)N[C@@H]1[C@H](O[C@H]2[C@@H](O[C@@H]3[C@H](O)[C@H](O[C@H]4[C@H](O)[C@@H](NC(C)=O)[C@H](O[C@H]5[C@H](O)[C@@H](NC(C)=O)C(O)O[C@@H]5CO[C@H]5O[C@H](C)[C@H](O)[C@H](O)[C@H]5O)O[C@@H]4CO)O[C@H](CO[C@H]4O[C@H](CO)[C@@H](O)[C@H](O)[C@H]4O[C@@H]4O[C@H](CO)[C@@H](O[C@@H]5O[C@H](CO)[C@H](O)[C@H](O)[C@H]5O)[C@H](O)[C@H]4NC(C)=O)[C@H]3O)O[C@H](CO)[C@@H](O)[C@@H]2O)O[C@H](CO)[C@@H](O)[C@@H]1O. The van der Waals surface area contributed by atoms with E-state index in [-0.39, 0.29) is 0 Å². The number of rotatable bonds is 28. The highest BCUT2D eigenvalue weighted by Crippen LogP contribution is 2.40. The molecule has 45 atom stereocenters. The number of carbonyl (C=O) groups excluding carboxylic acids is 4. The molecule has 0 aromatic carbocycles. The summed E-state index contributed by atoms with van der Waals surface area (Å²) >= 11 is 0. The van der Waals surface area contributed by atoms with Crippen molar-refractivity contribution in [2.75, 3.05) is 52.9 Å². The third-order valence-corrected chi connectivity index (χ3v) is 20.3. The smallest absolute Gasteiger partial charge is 0.217 e. The second-order valence-corrected chi connectivity index (χ2v) is 28.2. The maximum atomic E-state index is 13.2. The van der Waals surface area contributed by atoms with E-state index in [2.05, 4.69) is 21.3 Å². The second kappa shape index (κ2) is 39.7. The molecule has 642 valence electrons. The van der Waals surface area contributed by atoms with Crippen molar-refractivity contribution in [2.24, 2.45) is 0 Å². The van der Waals surface area contributed by atoms with E-state index < -0.39 is 353 Å². The molecule has 111 heavy (non-hydrogen) atoms. The van der Waals surface area contributed by atoms with Gasteiger partial charge in [-0.1, -0.05) is 0 Å². The third kappa shape index (κ3) is 20.3. The molecular weight excluding hydrogens is 1520 g/mol. The number of aliphatic hydroxyl groups excluding tert-OH is 24. The number of carbonyl (C=O) groups is 4. The molecule has 0 aromatic heterocycles. The van der Waals surface area contributed by atoms with Gasteiger partial charge in [0.15, 0.2) is 56.6 Å². The van der Waals surface area contributed by atoms with E-state index >= 15 is 0 Å². The predicted molar refractivity (Wildman–Crippen MR) is 342 cm³/mol. The van der Waals surface area contributed by atoms with Crippen molar-refractivity contribution in [3.05, 3.63) is 0 Å². The van der Waals surface area contributed by atoms with Crippen molar-refractivity contribution in [3.63, 3.8) is 0 Å². The van der Waals surface area contributed by atoms with E-state index in [1.54, 1.807) is 0 Å². The van der Waals surface area contributed by atoms with E-state index in [1.165, 1.54) is 6.92 Å². The minimum atomic E-state index is -2.55. The number of ether oxygens (including phenoxy) is 17.